The molecule has 0 unspecified atom stereocenters. The van der Waals surface area contributed by atoms with E-state index in [9.17, 15) is 9.59 Å². The minimum atomic E-state index is -0.362. The smallest absolute Gasteiger partial charge is 0.273 e. The highest BCUT2D eigenvalue weighted by Gasteiger charge is 2.09. The fraction of sp³-hybridized carbons (Fsp3) is 0.294. The van der Waals surface area contributed by atoms with Crippen LogP contribution in [-0.2, 0) is 11.2 Å². The Balaban J connectivity index is 2.05. The number of benzene rings is 1. The Hall–Kier alpha value is -3.14. The molecule has 0 saturated heterocycles. The zero-order valence-electron chi connectivity index (χ0n) is 13.3. The van der Waals surface area contributed by atoms with Crippen LogP contribution in [0.15, 0.2) is 29.1 Å². The second-order valence-electron chi connectivity index (χ2n) is 4.89. The summed E-state index contributed by atoms with van der Waals surface area (Å²) < 4.78 is 5.36. The van der Waals surface area contributed by atoms with Gasteiger partial charge in [0.05, 0.1) is 13.2 Å². The first-order valence-electron chi connectivity index (χ1n) is 7.53. The van der Waals surface area contributed by atoms with Gasteiger partial charge in [0.25, 0.3) is 5.56 Å². The highest BCUT2D eigenvalue weighted by atomic mass is 16.5. The number of hydrogen-bond acceptors (Lipinski definition) is 5. The summed E-state index contributed by atoms with van der Waals surface area (Å²) in [5.74, 6) is 3.18. The van der Waals surface area contributed by atoms with Gasteiger partial charge in [0.15, 0.2) is 5.82 Å². The van der Waals surface area contributed by atoms with Gasteiger partial charge in [-0.25, -0.2) is 0 Å². The monoisotopic (exact) mass is 326 g/mol. The number of amides is 1. The number of aromatic amines is 1. The number of carbonyl (C=O) groups is 1. The number of ether oxygens (including phenoxy) is 1. The van der Waals surface area contributed by atoms with Crippen LogP contribution < -0.4 is 15.6 Å². The highest BCUT2D eigenvalue weighted by Crippen LogP contribution is 2.18. The molecular formula is C17H18N4O3. The number of rotatable bonds is 7. The molecule has 0 fully saturated rings. The van der Waals surface area contributed by atoms with E-state index in [1.165, 1.54) is 0 Å². The van der Waals surface area contributed by atoms with Crippen molar-refractivity contribution >= 4 is 5.91 Å². The fourth-order valence-corrected chi connectivity index (χ4v) is 2.00. The molecule has 0 aliphatic heterocycles. The lowest BCUT2D eigenvalue weighted by atomic mass is 10.2. The molecule has 1 aromatic carbocycles. The van der Waals surface area contributed by atoms with Crippen LogP contribution in [0.1, 0.15) is 19.0 Å². The van der Waals surface area contributed by atoms with Gasteiger partial charge in [-0.2, -0.15) is 0 Å². The summed E-state index contributed by atoms with van der Waals surface area (Å²) in [4.78, 5) is 26.2. The van der Waals surface area contributed by atoms with Crippen LogP contribution in [0.5, 0.6) is 5.75 Å². The van der Waals surface area contributed by atoms with Crippen LogP contribution in [0.3, 0.4) is 0 Å². The van der Waals surface area contributed by atoms with E-state index in [4.69, 9.17) is 11.2 Å². The maximum Gasteiger partial charge on any atom is 0.273 e. The number of nitrogens with zero attached hydrogens (tertiary/aromatic N) is 2. The van der Waals surface area contributed by atoms with E-state index in [2.05, 4.69) is 26.4 Å². The van der Waals surface area contributed by atoms with Crippen LogP contribution in [0.25, 0.3) is 11.4 Å². The first kappa shape index (κ1) is 17.2. The quantitative estimate of drug-likeness (QED) is 0.737. The zero-order valence-corrected chi connectivity index (χ0v) is 13.3. The van der Waals surface area contributed by atoms with Crippen molar-refractivity contribution in [3.63, 3.8) is 0 Å². The molecule has 124 valence electrons. The maximum absolute atomic E-state index is 12.1. The van der Waals surface area contributed by atoms with Crippen LogP contribution in [0.2, 0.25) is 0 Å². The summed E-state index contributed by atoms with van der Waals surface area (Å²) >= 11 is 0. The van der Waals surface area contributed by atoms with Crippen molar-refractivity contribution in [3.05, 3.63) is 40.3 Å². The largest absolute Gasteiger partial charge is 0.494 e. The molecule has 1 aromatic heterocycles. The van der Waals surface area contributed by atoms with E-state index in [-0.39, 0.29) is 36.5 Å². The first-order valence-corrected chi connectivity index (χ1v) is 7.53. The third kappa shape index (κ3) is 4.68. The number of hydrogen-bond donors (Lipinski definition) is 2. The molecule has 1 heterocycles. The van der Waals surface area contributed by atoms with E-state index in [0.717, 1.165) is 11.3 Å². The third-order valence-electron chi connectivity index (χ3n) is 3.18. The third-order valence-corrected chi connectivity index (χ3v) is 3.18. The van der Waals surface area contributed by atoms with Gasteiger partial charge in [0.2, 0.25) is 5.91 Å². The lowest BCUT2D eigenvalue weighted by molar-refractivity contribution is -0.120. The Bertz CT molecular complexity index is 791. The molecule has 7 heteroatoms. The van der Waals surface area contributed by atoms with Crippen molar-refractivity contribution < 1.29 is 9.53 Å². The molecule has 0 atom stereocenters. The molecule has 2 aromatic rings. The van der Waals surface area contributed by atoms with E-state index in [1.807, 2.05) is 6.92 Å². The van der Waals surface area contributed by atoms with Crippen molar-refractivity contribution in [1.29, 1.82) is 0 Å². The number of aromatic nitrogens is 3. The van der Waals surface area contributed by atoms with Crippen LogP contribution >= 0.6 is 0 Å². The van der Waals surface area contributed by atoms with E-state index < -0.39 is 0 Å². The van der Waals surface area contributed by atoms with Gasteiger partial charge in [0, 0.05) is 18.4 Å². The molecule has 0 radical (unpaired) electrons. The topological polar surface area (TPSA) is 97.0 Å². The number of carbonyl (C=O) groups excluding carboxylic acids is 1. The Morgan fingerprint density at radius 3 is 2.71 bits per heavy atom. The molecule has 0 aliphatic carbocycles. The molecule has 0 aliphatic rings. The zero-order chi connectivity index (χ0) is 17.4. The first-order chi connectivity index (χ1) is 11.6. The second-order valence-corrected chi connectivity index (χ2v) is 4.89. The number of nitrogens with one attached hydrogen (secondary N) is 2. The Morgan fingerprint density at radius 1 is 1.33 bits per heavy atom. The molecule has 2 rings (SSSR count). The molecule has 2 N–H and O–H groups in total. The summed E-state index contributed by atoms with van der Waals surface area (Å²) in [6.45, 7) is 2.65. The number of aryl methyl sites for hydroxylation is 1. The fourth-order valence-electron chi connectivity index (χ4n) is 2.00. The summed E-state index contributed by atoms with van der Waals surface area (Å²) in [5, 5.41) is 10.5. The van der Waals surface area contributed by atoms with Gasteiger partial charge in [-0.3, -0.25) is 9.59 Å². The predicted octanol–water partition coefficient (Wildman–Crippen LogP) is 0.913. The van der Waals surface area contributed by atoms with Gasteiger partial charge >= 0.3 is 0 Å². The molecule has 7 nitrogen and oxygen atoms in total. The average Bonchev–Trinajstić information content (AvgIpc) is 2.60. The summed E-state index contributed by atoms with van der Waals surface area (Å²) in [6.07, 6.45) is 5.38. The lowest BCUT2D eigenvalue weighted by Gasteiger charge is -2.05. The van der Waals surface area contributed by atoms with Crippen molar-refractivity contribution in [2.24, 2.45) is 0 Å². The van der Waals surface area contributed by atoms with Gasteiger partial charge in [-0.1, -0.05) is 5.92 Å². The summed E-state index contributed by atoms with van der Waals surface area (Å²) in [5.41, 5.74) is 0.570. The van der Waals surface area contributed by atoms with Crippen molar-refractivity contribution in [2.45, 2.75) is 19.8 Å². The molecular weight excluding hydrogens is 308 g/mol. The number of H-pyrrole nitrogens is 1. The minimum Gasteiger partial charge on any atom is -0.494 e. The van der Waals surface area contributed by atoms with Gasteiger partial charge in [-0.15, -0.1) is 16.6 Å². The average molecular weight is 326 g/mol. The lowest BCUT2D eigenvalue weighted by Crippen LogP contribution is -2.25. The van der Waals surface area contributed by atoms with Crippen molar-refractivity contribution in [3.8, 4) is 29.5 Å². The van der Waals surface area contributed by atoms with E-state index in [1.54, 1.807) is 24.3 Å². The summed E-state index contributed by atoms with van der Waals surface area (Å²) in [7, 11) is 0. The van der Waals surface area contributed by atoms with E-state index in [0.29, 0.717) is 12.4 Å². The van der Waals surface area contributed by atoms with Crippen LogP contribution in [-0.4, -0.2) is 34.2 Å². The van der Waals surface area contributed by atoms with Gasteiger partial charge in [-0.05, 0) is 31.2 Å². The predicted molar refractivity (Wildman–Crippen MR) is 89.4 cm³/mol. The Labute approximate surface area is 139 Å². The van der Waals surface area contributed by atoms with Crippen molar-refractivity contribution in [1.82, 2.24) is 20.5 Å². The van der Waals surface area contributed by atoms with Crippen molar-refractivity contribution in [2.75, 3.05) is 13.2 Å². The molecule has 0 bridgehead atoms. The standard InChI is InChI=1S/C17H18N4O3/c1-3-11-18-15(22)10-9-14-17(23)19-16(21-20-14)12-5-7-13(8-6-12)24-4-2/h1,5-8H,4,9-11H2,2H3,(H,18,22)(H,19,21,23). The number of terminal acetylenes is 1. The minimum absolute atomic E-state index is 0.127. The van der Waals surface area contributed by atoms with Crippen LogP contribution in [0, 0.1) is 12.3 Å². The summed E-state index contributed by atoms with van der Waals surface area (Å²) in [6, 6.07) is 7.17. The van der Waals surface area contributed by atoms with Gasteiger partial charge in [0.1, 0.15) is 11.4 Å². The highest BCUT2D eigenvalue weighted by molar-refractivity contribution is 5.76. The molecule has 0 saturated carbocycles. The normalized spacial score (nSPS) is 10.0. The second kappa shape index (κ2) is 8.48. The maximum atomic E-state index is 12.1. The van der Waals surface area contributed by atoms with Crippen LogP contribution in [0.4, 0.5) is 0 Å². The Morgan fingerprint density at radius 2 is 2.08 bits per heavy atom. The van der Waals surface area contributed by atoms with Gasteiger partial charge < -0.3 is 15.0 Å². The molecule has 24 heavy (non-hydrogen) atoms. The van der Waals surface area contributed by atoms with E-state index >= 15 is 0 Å². The SMILES string of the molecule is C#CCNC(=O)CCc1nnc(-c2ccc(OCC)cc2)[nH]c1=O. The molecule has 1 amide bonds. The Kier molecular flexibility index (Phi) is 6.08. The molecule has 0 spiro atoms.